The molecule has 1 saturated heterocycles. The van der Waals surface area contributed by atoms with Crippen LogP contribution in [0.2, 0.25) is 0 Å². The zero-order chi connectivity index (χ0) is 22.6. The summed E-state index contributed by atoms with van der Waals surface area (Å²) in [5.41, 5.74) is -0.128. The summed E-state index contributed by atoms with van der Waals surface area (Å²) < 4.78 is 51.6. The fourth-order valence-corrected chi connectivity index (χ4v) is 5.48. The van der Waals surface area contributed by atoms with Gasteiger partial charge in [0.2, 0.25) is 15.9 Å². The second kappa shape index (κ2) is 9.23. The first-order valence-corrected chi connectivity index (χ1v) is 11.4. The number of nitrogens with zero attached hydrogens (tertiary/aromatic N) is 1. The SMILES string of the molecule is COc1ccc(OC)c(S(=O)(=O)N2CCC[C@@](C)(C(=O)NCc3ccc(F)cc3)C2)c1. The first-order valence-electron chi connectivity index (χ1n) is 9.94. The van der Waals surface area contributed by atoms with Gasteiger partial charge in [-0.3, -0.25) is 4.79 Å². The summed E-state index contributed by atoms with van der Waals surface area (Å²) in [6, 6.07) is 10.5. The van der Waals surface area contributed by atoms with Crippen LogP contribution < -0.4 is 14.8 Å². The number of sulfonamides is 1. The number of amides is 1. The van der Waals surface area contributed by atoms with E-state index in [1.165, 1.54) is 36.7 Å². The van der Waals surface area contributed by atoms with Gasteiger partial charge in [-0.1, -0.05) is 12.1 Å². The molecule has 0 radical (unpaired) electrons. The molecule has 7 nitrogen and oxygen atoms in total. The summed E-state index contributed by atoms with van der Waals surface area (Å²) in [5.74, 6) is 0.0301. The van der Waals surface area contributed by atoms with E-state index in [0.717, 1.165) is 5.56 Å². The highest BCUT2D eigenvalue weighted by Gasteiger charge is 2.42. The summed E-state index contributed by atoms with van der Waals surface area (Å²) in [4.78, 5) is 12.9. The van der Waals surface area contributed by atoms with Crippen LogP contribution in [0.15, 0.2) is 47.4 Å². The number of carbonyl (C=O) groups is 1. The van der Waals surface area contributed by atoms with Crippen LogP contribution in [0.3, 0.4) is 0 Å². The molecule has 168 valence electrons. The molecule has 0 bridgehead atoms. The minimum Gasteiger partial charge on any atom is -0.497 e. The predicted molar refractivity (Wildman–Crippen MR) is 114 cm³/mol. The van der Waals surface area contributed by atoms with Crippen molar-refractivity contribution in [2.45, 2.75) is 31.2 Å². The van der Waals surface area contributed by atoms with Crippen molar-refractivity contribution in [1.29, 1.82) is 0 Å². The Kier molecular flexibility index (Phi) is 6.86. The maximum atomic E-state index is 13.4. The van der Waals surface area contributed by atoms with Crippen molar-refractivity contribution < 1.29 is 27.1 Å². The van der Waals surface area contributed by atoms with Crippen molar-refractivity contribution >= 4 is 15.9 Å². The Labute approximate surface area is 182 Å². The van der Waals surface area contributed by atoms with E-state index < -0.39 is 15.4 Å². The first-order chi connectivity index (χ1) is 14.7. The zero-order valence-corrected chi connectivity index (χ0v) is 18.7. The molecule has 0 aliphatic carbocycles. The molecule has 1 heterocycles. The highest BCUT2D eigenvalue weighted by atomic mass is 32.2. The third-order valence-electron chi connectivity index (χ3n) is 5.56. The molecule has 1 aliphatic rings. The number of ether oxygens (including phenoxy) is 2. The topological polar surface area (TPSA) is 84.9 Å². The monoisotopic (exact) mass is 450 g/mol. The van der Waals surface area contributed by atoms with Gasteiger partial charge in [0.1, 0.15) is 22.2 Å². The molecule has 9 heteroatoms. The molecule has 31 heavy (non-hydrogen) atoms. The van der Waals surface area contributed by atoms with Gasteiger partial charge in [0.05, 0.1) is 19.6 Å². The standard InChI is InChI=1S/C22H27FN2O5S/c1-22(21(26)24-14-16-5-7-17(23)8-6-16)11-4-12-25(15-22)31(27,28)20-13-18(29-2)9-10-19(20)30-3/h5-10,13H,4,11-12,14-15H2,1-3H3,(H,24,26)/t22-/m1/s1. The van der Waals surface area contributed by atoms with Crippen LogP contribution in [-0.4, -0.2) is 45.9 Å². The van der Waals surface area contributed by atoms with Gasteiger partial charge in [0.15, 0.2) is 0 Å². The van der Waals surface area contributed by atoms with E-state index in [4.69, 9.17) is 9.47 Å². The molecule has 1 amide bonds. The molecule has 2 aromatic rings. The molecule has 1 aliphatic heterocycles. The normalized spacial score (nSPS) is 19.6. The van der Waals surface area contributed by atoms with E-state index >= 15 is 0 Å². The molecule has 0 aromatic heterocycles. The van der Waals surface area contributed by atoms with E-state index in [1.54, 1.807) is 31.2 Å². The number of carbonyl (C=O) groups excluding carboxylic acids is 1. The number of hydrogen-bond donors (Lipinski definition) is 1. The predicted octanol–water partition coefficient (Wildman–Crippen LogP) is 2.95. The van der Waals surface area contributed by atoms with E-state index in [0.29, 0.717) is 25.1 Å². The molecule has 1 N–H and O–H groups in total. The smallest absolute Gasteiger partial charge is 0.246 e. The van der Waals surface area contributed by atoms with E-state index in [9.17, 15) is 17.6 Å². The van der Waals surface area contributed by atoms with Gasteiger partial charge < -0.3 is 14.8 Å². The van der Waals surface area contributed by atoms with E-state index in [2.05, 4.69) is 5.32 Å². The van der Waals surface area contributed by atoms with E-state index in [-0.39, 0.29) is 35.5 Å². The Balaban J connectivity index is 1.78. The maximum absolute atomic E-state index is 13.4. The third-order valence-corrected chi connectivity index (χ3v) is 7.43. The number of rotatable bonds is 7. The molecule has 0 saturated carbocycles. The van der Waals surface area contributed by atoms with Gasteiger partial charge >= 0.3 is 0 Å². The van der Waals surface area contributed by atoms with Crippen LogP contribution in [0.4, 0.5) is 4.39 Å². The number of benzene rings is 2. The third kappa shape index (κ3) is 4.99. The number of halogens is 1. The van der Waals surface area contributed by atoms with Crippen molar-refractivity contribution in [3.8, 4) is 11.5 Å². The van der Waals surface area contributed by atoms with Crippen LogP contribution in [0.1, 0.15) is 25.3 Å². The summed E-state index contributed by atoms with van der Waals surface area (Å²) in [7, 11) is -1.04. The lowest BCUT2D eigenvalue weighted by molar-refractivity contribution is -0.132. The number of nitrogens with one attached hydrogen (secondary N) is 1. The molecule has 2 aromatic carbocycles. The highest BCUT2D eigenvalue weighted by Crippen LogP contribution is 2.36. The lowest BCUT2D eigenvalue weighted by atomic mass is 9.82. The molecular formula is C22H27FN2O5S. The first kappa shape index (κ1) is 23.0. The van der Waals surface area contributed by atoms with Gasteiger partial charge in [-0.2, -0.15) is 4.31 Å². The summed E-state index contributed by atoms with van der Waals surface area (Å²) >= 11 is 0. The second-order valence-corrected chi connectivity index (χ2v) is 9.74. The minimum absolute atomic E-state index is 0.00493. The quantitative estimate of drug-likeness (QED) is 0.701. The van der Waals surface area contributed by atoms with Crippen molar-refractivity contribution in [3.63, 3.8) is 0 Å². The van der Waals surface area contributed by atoms with Crippen molar-refractivity contribution in [1.82, 2.24) is 9.62 Å². The average Bonchev–Trinajstić information content (AvgIpc) is 2.78. The largest absolute Gasteiger partial charge is 0.497 e. The molecular weight excluding hydrogens is 423 g/mol. The number of piperidine rings is 1. The molecule has 3 rings (SSSR count). The lowest BCUT2D eigenvalue weighted by Crippen LogP contribution is -2.51. The van der Waals surface area contributed by atoms with Crippen LogP contribution in [0.5, 0.6) is 11.5 Å². The Morgan fingerprint density at radius 2 is 1.87 bits per heavy atom. The Hall–Kier alpha value is -2.65. The fraction of sp³-hybridized carbons (Fsp3) is 0.409. The van der Waals surface area contributed by atoms with Gasteiger partial charge in [0.25, 0.3) is 0 Å². The number of hydrogen-bond acceptors (Lipinski definition) is 5. The zero-order valence-electron chi connectivity index (χ0n) is 17.9. The van der Waals surface area contributed by atoms with Crippen LogP contribution in [0, 0.1) is 11.2 Å². The van der Waals surface area contributed by atoms with Gasteiger partial charge in [0, 0.05) is 25.7 Å². The molecule has 0 spiro atoms. The Bertz CT molecular complexity index is 1040. The van der Waals surface area contributed by atoms with Crippen LogP contribution in [-0.2, 0) is 21.4 Å². The Morgan fingerprint density at radius 1 is 1.16 bits per heavy atom. The van der Waals surface area contributed by atoms with Crippen molar-refractivity contribution in [2.75, 3.05) is 27.3 Å². The summed E-state index contributed by atoms with van der Waals surface area (Å²) in [5, 5.41) is 2.85. The van der Waals surface area contributed by atoms with E-state index in [1.807, 2.05) is 0 Å². The summed E-state index contributed by atoms with van der Waals surface area (Å²) in [6.07, 6.45) is 1.11. The van der Waals surface area contributed by atoms with Gasteiger partial charge in [-0.25, -0.2) is 12.8 Å². The highest BCUT2D eigenvalue weighted by molar-refractivity contribution is 7.89. The van der Waals surface area contributed by atoms with Crippen LogP contribution >= 0.6 is 0 Å². The van der Waals surface area contributed by atoms with Gasteiger partial charge in [-0.05, 0) is 49.6 Å². The van der Waals surface area contributed by atoms with Gasteiger partial charge in [-0.15, -0.1) is 0 Å². The van der Waals surface area contributed by atoms with Crippen molar-refractivity contribution in [2.24, 2.45) is 5.41 Å². The molecule has 1 atom stereocenters. The summed E-state index contributed by atoms with van der Waals surface area (Å²) in [6.45, 7) is 2.36. The average molecular weight is 451 g/mol. The number of methoxy groups -OCH3 is 2. The maximum Gasteiger partial charge on any atom is 0.246 e. The Morgan fingerprint density at radius 3 is 2.52 bits per heavy atom. The lowest BCUT2D eigenvalue weighted by Gasteiger charge is -2.38. The molecule has 1 fully saturated rings. The van der Waals surface area contributed by atoms with Crippen molar-refractivity contribution in [3.05, 3.63) is 53.8 Å². The minimum atomic E-state index is -3.91. The van der Waals surface area contributed by atoms with Crippen LogP contribution in [0.25, 0.3) is 0 Å². The fourth-order valence-electron chi connectivity index (χ4n) is 3.71. The molecule has 0 unspecified atom stereocenters. The second-order valence-electron chi connectivity index (χ2n) is 7.83.